The number of carboxylic acids is 1. The second-order valence-corrected chi connectivity index (χ2v) is 17.7. The van der Waals surface area contributed by atoms with Crippen LogP contribution in [0.5, 0.6) is 0 Å². The van der Waals surface area contributed by atoms with Crippen LogP contribution >= 0.6 is 0 Å². The predicted molar refractivity (Wildman–Crippen MR) is 196 cm³/mol. The lowest BCUT2D eigenvalue weighted by Gasteiger charge is -2.63. The summed E-state index contributed by atoms with van der Waals surface area (Å²) in [6, 6.07) is 0.195. The van der Waals surface area contributed by atoms with Gasteiger partial charge in [0.25, 0.3) is 0 Å². The van der Waals surface area contributed by atoms with E-state index in [1.54, 1.807) is 0 Å². The van der Waals surface area contributed by atoms with Gasteiger partial charge in [0.15, 0.2) is 0 Å². The number of rotatable bonds is 21. The van der Waals surface area contributed by atoms with Gasteiger partial charge < -0.3 is 20.6 Å². The third-order valence-corrected chi connectivity index (χ3v) is 14.7. The quantitative estimate of drug-likeness (QED) is 0.0908. The highest BCUT2D eigenvalue weighted by Gasteiger charge is 2.65. The SMILES string of the molecule is CCCCCCCCCCCCCCCCCC(=O)N[C@H]1CC[C@@]2(C)C(CC(O)C3C2C[C@H](O)[C@@]2(C)C3CC[C@@H]2[C@H](C)CCC(=O)O)C1. The largest absolute Gasteiger partial charge is 0.481 e. The summed E-state index contributed by atoms with van der Waals surface area (Å²) in [5.41, 5.74) is -0.184. The average molecular weight is 674 g/mol. The van der Waals surface area contributed by atoms with E-state index >= 15 is 0 Å². The van der Waals surface area contributed by atoms with E-state index < -0.39 is 12.1 Å². The minimum atomic E-state index is -0.746. The van der Waals surface area contributed by atoms with Crippen molar-refractivity contribution in [2.45, 2.75) is 206 Å². The Morgan fingerprint density at radius 3 is 1.92 bits per heavy atom. The van der Waals surface area contributed by atoms with E-state index in [0.29, 0.717) is 30.6 Å². The fourth-order valence-corrected chi connectivity index (χ4v) is 11.8. The first-order valence-corrected chi connectivity index (χ1v) is 20.9. The van der Waals surface area contributed by atoms with Crippen molar-refractivity contribution in [1.82, 2.24) is 5.32 Å². The van der Waals surface area contributed by atoms with Crippen LogP contribution in [0.15, 0.2) is 0 Å². The molecule has 0 spiro atoms. The molecule has 0 aromatic rings. The first kappa shape index (κ1) is 39.6. The average Bonchev–Trinajstić information content (AvgIpc) is 3.41. The predicted octanol–water partition coefficient (Wildman–Crippen LogP) is 9.83. The molecule has 4 fully saturated rings. The Balaban J connectivity index is 1.14. The second-order valence-electron chi connectivity index (χ2n) is 17.7. The van der Waals surface area contributed by atoms with E-state index in [9.17, 15) is 24.9 Å². The molecule has 0 heterocycles. The van der Waals surface area contributed by atoms with Gasteiger partial charge in [-0.05, 0) is 104 Å². The van der Waals surface area contributed by atoms with E-state index in [4.69, 9.17) is 0 Å². The third kappa shape index (κ3) is 9.80. The van der Waals surface area contributed by atoms with E-state index in [-0.39, 0.29) is 53.1 Å². The number of hydrogen-bond donors (Lipinski definition) is 4. The van der Waals surface area contributed by atoms with Gasteiger partial charge in [-0.25, -0.2) is 0 Å². The molecule has 11 atom stereocenters. The Kier molecular flexibility index (Phi) is 15.6. The molecule has 6 heteroatoms. The number of carbonyl (C=O) groups excluding carboxylic acids is 1. The monoisotopic (exact) mass is 674 g/mol. The van der Waals surface area contributed by atoms with Gasteiger partial charge in [0.2, 0.25) is 5.91 Å². The van der Waals surface area contributed by atoms with Gasteiger partial charge in [-0.2, -0.15) is 0 Å². The highest BCUT2D eigenvalue weighted by molar-refractivity contribution is 5.76. The first-order chi connectivity index (χ1) is 23.0. The molecule has 6 nitrogen and oxygen atoms in total. The lowest BCUT2D eigenvalue weighted by atomic mass is 9.43. The molecule has 0 aliphatic heterocycles. The van der Waals surface area contributed by atoms with Crippen molar-refractivity contribution in [3.8, 4) is 0 Å². The molecule has 48 heavy (non-hydrogen) atoms. The van der Waals surface area contributed by atoms with Crippen LogP contribution in [0, 0.1) is 46.3 Å². The molecule has 5 unspecified atom stereocenters. The molecule has 4 aliphatic carbocycles. The van der Waals surface area contributed by atoms with Crippen molar-refractivity contribution in [1.29, 1.82) is 0 Å². The van der Waals surface area contributed by atoms with Crippen molar-refractivity contribution >= 4 is 11.9 Å². The van der Waals surface area contributed by atoms with Gasteiger partial charge in [-0.1, -0.05) is 118 Å². The number of amides is 1. The highest BCUT2D eigenvalue weighted by Crippen LogP contribution is 2.68. The van der Waals surface area contributed by atoms with Crippen LogP contribution in [0.2, 0.25) is 0 Å². The third-order valence-electron chi connectivity index (χ3n) is 14.7. The molecule has 4 aliphatic rings. The van der Waals surface area contributed by atoms with Gasteiger partial charge in [-0.3, -0.25) is 9.59 Å². The molecule has 4 saturated carbocycles. The van der Waals surface area contributed by atoms with Crippen LogP contribution in [0.25, 0.3) is 0 Å². The highest BCUT2D eigenvalue weighted by atomic mass is 16.4. The van der Waals surface area contributed by atoms with Crippen molar-refractivity contribution in [2.75, 3.05) is 0 Å². The molecular formula is C42H75NO5. The van der Waals surface area contributed by atoms with Crippen molar-refractivity contribution in [3.63, 3.8) is 0 Å². The molecule has 0 aromatic heterocycles. The van der Waals surface area contributed by atoms with Gasteiger partial charge in [-0.15, -0.1) is 0 Å². The maximum atomic E-state index is 12.9. The molecular weight excluding hydrogens is 598 g/mol. The summed E-state index contributed by atoms with van der Waals surface area (Å²) < 4.78 is 0. The molecule has 0 aromatic carbocycles. The number of nitrogens with one attached hydrogen (secondary N) is 1. The van der Waals surface area contributed by atoms with Crippen molar-refractivity contribution < 1.29 is 24.9 Å². The molecule has 4 N–H and O–H groups in total. The Morgan fingerprint density at radius 2 is 1.33 bits per heavy atom. The lowest BCUT2D eigenvalue weighted by Crippen LogP contribution is -2.63. The standard InChI is InChI=1S/C42H75NO5/c1-5-6-7-8-9-10-11-12-13-14-15-16-17-18-19-20-38(46)43-32-25-26-41(3)31(27-32)28-36(44)40-34-23-22-33(30(2)21-24-39(47)48)42(34,4)37(45)29-35(40)41/h30-37,40,44-45H,5-29H2,1-4H3,(H,43,46)(H,47,48)/t30-,31?,32+,33-,34?,35?,36?,37+,40?,41+,42-/m1/s1. The fourth-order valence-electron chi connectivity index (χ4n) is 11.8. The maximum Gasteiger partial charge on any atom is 0.303 e. The van der Waals surface area contributed by atoms with Crippen molar-refractivity contribution in [3.05, 3.63) is 0 Å². The van der Waals surface area contributed by atoms with Crippen LogP contribution < -0.4 is 5.32 Å². The van der Waals surface area contributed by atoms with Gasteiger partial charge in [0, 0.05) is 18.9 Å². The minimum absolute atomic E-state index is 0.0781. The second kappa shape index (κ2) is 18.9. The number of aliphatic hydroxyl groups is 2. The number of carboxylic acid groups (broad SMARTS) is 1. The van der Waals surface area contributed by atoms with Crippen LogP contribution in [0.1, 0.15) is 188 Å². The number of unbranched alkanes of at least 4 members (excludes halogenated alkanes) is 14. The summed E-state index contributed by atoms with van der Waals surface area (Å²) >= 11 is 0. The zero-order valence-electron chi connectivity index (χ0n) is 31.5. The summed E-state index contributed by atoms with van der Waals surface area (Å²) in [6.07, 6.45) is 27.2. The number of carbonyl (C=O) groups is 2. The lowest BCUT2D eigenvalue weighted by molar-refractivity contribution is -0.202. The van der Waals surface area contributed by atoms with E-state index in [0.717, 1.165) is 57.8 Å². The molecule has 1 amide bonds. The Morgan fingerprint density at radius 1 is 0.750 bits per heavy atom. The Bertz CT molecular complexity index is 987. The molecule has 0 radical (unpaired) electrons. The zero-order chi connectivity index (χ0) is 34.7. The Hall–Kier alpha value is -1.14. The number of fused-ring (bicyclic) bond motifs is 5. The summed E-state index contributed by atoms with van der Waals surface area (Å²) in [6.45, 7) is 9.12. The van der Waals surface area contributed by atoms with Crippen molar-refractivity contribution in [2.24, 2.45) is 46.3 Å². The minimum Gasteiger partial charge on any atom is -0.481 e. The van der Waals surface area contributed by atoms with E-state index in [2.05, 4.69) is 33.0 Å². The molecule has 278 valence electrons. The van der Waals surface area contributed by atoms with E-state index in [1.165, 1.54) is 83.5 Å². The van der Waals surface area contributed by atoms with Crippen LogP contribution in [-0.2, 0) is 9.59 Å². The first-order valence-electron chi connectivity index (χ1n) is 20.9. The molecule has 0 saturated heterocycles. The summed E-state index contributed by atoms with van der Waals surface area (Å²) in [5.74, 6) is 1.14. The fraction of sp³-hybridized carbons (Fsp3) is 0.952. The van der Waals surface area contributed by atoms with Crippen LogP contribution in [0.3, 0.4) is 0 Å². The van der Waals surface area contributed by atoms with Gasteiger partial charge in [0.05, 0.1) is 12.2 Å². The zero-order valence-corrected chi connectivity index (χ0v) is 31.5. The summed E-state index contributed by atoms with van der Waals surface area (Å²) in [4.78, 5) is 24.2. The maximum absolute atomic E-state index is 12.9. The molecule has 4 rings (SSSR count). The summed E-state index contributed by atoms with van der Waals surface area (Å²) in [5, 5.41) is 36.2. The smallest absolute Gasteiger partial charge is 0.303 e. The van der Waals surface area contributed by atoms with Crippen LogP contribution in [0.4, 0.5) is 0 Å². The number of aliphatic carboxylic acids is 1. The van der Waals surface area contributed by atoms with Crippen LogP contribution in [-0.4, -0.2) is 45.4 Å². The van der Waals surface area contributed by atoms with Gasteiger partial charge >= 0.3 is 5.97 Å². The van der Waals surface area contributed by atoms with E-state index in [1.807, 2.05) is 0 Å². The number of aliphatic hydroxyl groups excluding tert-OH is 2. The Labute approximate surface area is 294 Å². The topological polar surface area (TPSA) is 107 Å². The number of hydrogen-bond acceptors (Lipinski definition) is 4. The molecule has 0 bridgehead atoms. The summed E-state index contributed by atoms with van der Waals surface area (Å²) in [7, 11) is 0. The van der Waals surface area contributed by atoms with Gasteiger partial charge in [0.1, 0.15) is 0 Å². The normalized spacial score (nSPS) is 36.5.